The molecule has 2 aromatic carbocycles. The summed E-state index contributed by atoms with van der Waals surface area (Å²) in [6.07, 6.45) is 5.99. The standard InChI is InChI=1S/C30H34F3N3O5S/c1-28(2,3)40-27(37)36-16-6-7-23(36)26-34-21-10-8-18(17-22(21)35-26)19-9-11-24(41-42(38,39)30(31,32)33)25-20(19)12-15-29(25)13-4-5-14-29/h8-11,17,23H,4-7,12-16H2,1-3H3,(H,34,35)/t23-/m0/s1. The summed E-state index contributed by atoms with van der Waals surface area (Å²) >= 11 is 0. The molecule has 1 aromatic heterocycles. The van der Waals surface area contributed by atoms with Gasteiger partial charge in [0.15, 0.2) is 0 Å². The summed E-state index contributed by atoms with van der Waals surface area (Å²) in [7, 11) is -5.80. The number of H-pyrrole nitrogens is 1. The molecule has 8 nitrogen and oxygen atoms in total. The Kier molecular flexibility index (Phi) is 6.79. The van der Waals surface area contributed by atoms with Crippen LogP contribution in [0.15, 0.2) is 30.3 Å². The zero-order valence-electron chi connectivity index (χ0n) is 23.8. The number of rotatable bonds is 4. The molecule has 3 aliphatic rings. The lowest BCUT2D eigenvalue weighted by atomic mass is 9.79. The third-order valence-electron chi connectivity index (χ3n) is 8.71. The van der Waals surface area contributed by atoms with Gasteiger partial charge in [0, 0.05) is 12.1 Å². The SMILES string of the molecule is CC(C)(C)OC(=O)N1CCC[C@H]1c1nc2ccc(-c3ccc(OS(=O)(=O)C(F)(F)F)c4c3CCC43CCCC3)cc2[nH]1. The molecule has 2 heterocycles. The molecule has 1 amide bonds. The summed E-state index contributed by atoms with van der Waals surface area (Å²) in [5.74, 6) is 0.445. The number of nitrogens with zero attached hydrogens (tertiary/aromatic N) is 2. The van der Waals surface area contributed by atoms with Crippen LogP contribution in [0.1, 0.15) is 88.7 Å². The van der Waals surface area contributed by atoms with Crippen molar-refractivity contribution in [3.63, 3.8) is 0 Å². The average molecular weight is 606 g/mol. The van der Waals surface area contributed by atoms with Gasteiger partial charge in [-0.25, -0.2) is 9.78 Å². The second-order valence-electron chi connectivity index (χ2n) is 12.6. The summed E-state index contributed by atoms with van der Waals surface area (Å²) in [5, 5.41) is 0. The number of carbonyl (C=O) groups is 1. The van der Waals surface area contributed by atoms with Gasteiger partial charge in [-0.1, -0.05) is 25.0 Å². The first kappa shape index (κ1) is 28.8. The number of ether oxygens (including phenoxy) is 1. The maximum atomic E-state index is 13.2. The number of aromatic amines is 1. The maximum absolute atomic E-state index is 13.2. The van der Waals surface area contributed by atoms with Gasteiger partial charge in [0.05, 0.1) is 17.1 Å². The molecule has 12 heteroatoms. The van der Waals surface area contributed by atoms with Crippen LogP contribution in [0.2, 0.25) is 0 Å². The van der Waals surface area contributed by atoms with Crippen LogP contribution in [0.5, 0.6) is 5.75 Å². The van der Waals surface area contributed by atoms with Gasteiger partial charge < -0.3 is 13.9 Å². The third kappa shape index (κ3) is 5.01. The van der Waals surface area contributed by atoms with Crippen LogP contribution >= 0.6 is 0 Å². The van der Waals surface area contributed by atoms with E-state index in [0.717, 1.165) is 72.7 Å². The summed E-state index contributed by atoms with van der Waals surface area (Å²) in [5.41, 5.74) is -1.92. The van der Waals surface area contributed by atoms with Gasteiger partial charge in [0.2, 0.25) is 0 Å². The summed E-state index contributed by atoms with van der Waals surface area (Å²) < 4.78 is 74.0. The Balaban J connectivity index is 1.37. The van der Waals surface area contributed by atoms with Gasteiger partial charge in [0.1, 0.15) is 17.2 Å². The number of carbonyl (C=O) groups excluding carboxylic acids is 1. The van der Waals surface area contributed by atoms with Crippen LogP contribution in [-0.2, 0) is 26.7 Å². The summed E-state index contributed by atoms with van der Waals surface area (Å²) in [6, 6.07) is 8.50. The molecule has 6 rings (SSSR count). The third-order valence-corrected chi connectivity index (χ3v) is 9.68. The number of imidazole rings is 1. The highest BCUT2D eigenvalue weighted by Gasteiger charge is 2.51. The van der Waals surface area contributed by atoms with Crippen molar-refractivity contribution in [2.75, 3.05) is 6.54 Å². The Morgan fingerprint density at radius 2 is 1.81 bits per heavy atom. The second-order valence-corrected chi connectivity index (χ2v) is 14.2. The van der Waals surface area contributed by atoms with Crippen LogP contribution in [0, 0.1) is 0 Å². The first-order valence-electron chi connectivity index (χ1n) is 14.3. The van der Waals surface area contributed by atoms with Crippen molar-refractivity contribution < 1.29 is 35.3 Å². The number of hydrogen-bond acceptors (Lipinski definition) is 6. The lowest BCUT2D eigenvalue weighted by molar-refractivity contribution is -0.0500. The molecule has 3 aromatic rings. The van der Waals surface area contributed by atoms with Gasteiger partial charge in [-0.3, -0.25) is 4.90 Å². The highest BCUT2D eigenvalue weighted by atomic mass is 32.2. The number of alkyl halides is 3. The van der Waals surface area contributed by atoms with E-state index in [9.17, 15) is 26.4 Å². The fourth-order valence-corrected chi connectivity index (χ4v) is 7.43. The molecule has 0 bridgehead atoms. The predicted molar refractivity (Wildman–Crippen MR) is 151 cm³/mol. The molecule has 1 saturated carbocycles. The number of benzene rings is 2. The average Bonchev–Trinajstić information content (AvgIpc) is 3.69. The van der Waals surface area contributed by atoms with Crippen molar-refractivity contribution in [1.29, 1.82) is 0 Å². The van der Waals surface area contributed by atoms with Crippen LogP contribution < -0.4 is 4.18 Å². The first-order valence-corrected chi connectivity index (χ1v) is 15.8. The number of hydrogen-bond donors (Lipinski definition) is 1. The normalized spacial score (nSPS) is 20.4. The molecule has 1 saturated heterocycles. The maximum Gasteiger partial charge on any atom is 0.534 e. The molecule has 2 aliphatic carbocycles. The molecular weight excluding hydrogens is 571 g/mol. The molecule has 1 atom stereocenters. The Bertz CT molecular complexity index is 1650. The number of halogens is 3. The van der Waals surface area contributed by atoms with Crippen molar-refractivity contribution in [3.05, 3.63) is 47.3 Å². The number of amides is 1. The first-order chi connectivity index (χ1) is 19.7. The van der Waals surface area contributed by atoms with E-state index in [-0.39, 0.29) is 23.3 Å². The molecule has 226 valence electrons. The van der Waals surface area contributed by atoms with Crippen molar-refractivity contribution in [1.82, 2.24) is 14.9 Å². The smallest absolute Gasteiger partial charge is 0.444 e. The van der Waals surface area contributed by atoms with Crippen molar-refractivity contribution in [2.24, 2.45) is 0 Å². The Labute approximate surface area is 242 Å². The zero-order valence-corrected chi connectivity index (χ0v) is 24.6. The Morgan fingerprint density at radius 3 is 2.50 bits per heavy atom. The van der Waals surface area contributed by atoms with E-state index in [1.807, 2.05) is 39.0 Å². The van der Waals surface area contributed by atoms with Gasteiger partial charge in [-0.15, -0.1) is 0 Å². The summed E-state index contributed by atoms with van der Waals surface area (Å²) in [6.45, 7) is 6.07. The number of aromatic nitrogens is 2. The number of likely N-dealkylation sites (tertiary alicyclic amines) is 1. The minimum atomic E-state index is -5.80. The molecule has 1 spiro atoms. The number of fused-ring (bicyclic) bond motifs is 3. The van der Waals surface area contributed by atoms with Crippen molar-refractivity contribution in [3.8, 4) is 16.9 Å². The molecule has 0 radical (unpaired) electrons. The van der Waals surface area contributed by atoms with Crippen molar-refractivity contribution >= 4 is 27.2 Å². The quantitative estimate of drug-likeness (QED) is 0.248. The Morgan fingerprint density at radius 1 is 1.07 bits per heavy atom. The van der Waals surface area contributed by atoms with Crippen LogP contribution in [0.25, 0.3) is 22.2 Å². The van der Waals surface area contributed by atoms with Gasteiger partial charge in [-0.2, -0.15) is 21.6 Å². The van der Waals surface area contributed by atoms with E-state index >= 15 is 0 Å². The minimum absolute atomic E-state index is 0.223. The molecule has 42 heavy (non-hydrogen) atoms. The highest BCUT2D eigenvalue weighted by molar-refractivity contribution is 7.88. The summed E-state index contributed by atoms with van der Waals surface area (Å²) in [4.78, 5) is 22.7. The monoisotopic (exact) mass is 605 g/mol. The Hall–Kier alpha value is -3.28. The van der Waals surface area contributed by atoms with Crippen LogP contribution in [0.4, 0.5) is 18.0 Å². The van der Waals surface area contributed by atoms with Gasteiger partial charge >= 0.3 is 21.7 Å². The molecule has 0 unspecified atom stereocenters. The predicted octanol–water partition coefficient (Wildman–Crippen LogP) is 7.29. The van der Waals surface area contributed by atoms with Gasteiger partial charge in [0.25, 0.3) is 0 Å². The van der Waals surface area contributed by atoms with E-state index in [2.05, 4.69) is 4.98 Å². The largest absolute Gasteiger partial charge is 0.534 e. The topological polar surface area (TPSA) is 102 Å². The van der Waals surface area contributed by atoms with E-state index in [1.165, 1.54) is 6.07 Å². The zero-order chi connectivity index (χ0) is 30.1. The molecular formula is C30H34F3N3O5S. The molecule has 2 fully saturated rings. The van der Waals surface area contributed by atoms with Gasteiger partial charge in [-0.05, 0) is 99.6 Å². The molecule has 1 aliphatic heterocycles. The van der Waals surface area contributed by atoms with E-state index in [1.54, 1.807) is 11.0 Å². The fourth-order valence-electron chi connectivity index (χ4n) is 6.96. The lowest BCUT2D eigenvalue weighted by Crippen LogP contribution is -2.36. The van der Waals surface area contributed by atoms with Crippen LogP contribution in [-0.4, -0.2) is 47.0 Å². The van der Waals surface area contributed by atoms with Crippen LogP contribution in [0.3, 0.4) is 0 Å². The second kappa shape index (κ2) is 9.89. The lowest BCUT2D eigenvalue weighted by Gasteiger charge is -2.27. The minimum Gasteiger partial charge on any atom is -0.444 e. The van der Waals surface area contributed by atoms with E-state index in [4.69, 9.17) is 13.9 Å². The van der Waals surface area contributed by atoms with Crippen molar-refractivity contribution in [2.45, 2.75) is 94.7 Å². The number of nitrogens with one attached hydrogen (secondary N) is 1. The van der Waals surface area contributed by atoms with E-state index < -0.39 is 21.2 Å². The van der Waals surface area contributed by atoms with E-state index in [0.29, 0.717) is 24.4 Å². The molecule has 1 N–H and O–H groups in total. The fraction of sp³-hybridized carbons (Fsp3) is 0.533. The highest BCUT2D eigenvalue weighted by Crippen LogP contribution is 2.56.